The molecule has 0 fully saturated rings. The van der Waals surface area contributed by atoms with E-state index in [9.17, 15) is 12.8 Å². The fourth-order valence-electron chi connectivity index (χ4n) is 0.738. The standard InChI is InChI=1S/C5H8FN3O2S/c1-12(10,11)2-3-4(6)5(7)9-8-3/h2H2,1H3,(H3,7,8,9). The second-order valence-corrected chi connectivity index (χ2v) is 4.61. The normalized spacial score (nSPS) is 11.8. The van der Waals surface area contributed by atoms with Gasteiger partial charge in [-0.15, -0.1) is 0 Å². The number of hydrogen-bond acceptors (Lipinski definition) is 4. The van der Waals surface area contributed by atoms with Gasteiger partial charge in [0.15, 0.2) is 21.5 Å². The van der Waals surface area contributed by atoms with Gasteiger partial charge in [-0.05, 0) is 0 Å². The number of anilines is 1. The number of nitrogen functional groups attached to an aromatic ring is 1. The fraction of sp³-hybridized carbons (Fsp3) is 0.400. The van der Waals surface area contributed by atoms with Crippen LogP contribution in [-0.2, 0) is 15.6 Å². The van der Waals surface area contributed by atoms with E-state index in [1.807, 2.05) is 0 Å². The Balaban J connectivity index is 2.99. The zero-order valence-corrected chi connectivity index (χ0v) is 7.15. The molecular formula is C5H8FN3O2S. The molecule has 0 aromatic carbocycles. The van der Waals surface area contributed by atoms with E-state index in [0.717, 1.165) is 6.26 Å². The van der Waals surface area contributed by atoms with Gasteiger partial charge in [-0.2, -0.15) is 5.10 Å². The highest BCUT2D eigenvalue weighted by Gasteiger charge is 2.14. The average molecular weight is 193 g/mol. The van der Waals surface area contributed by atoms with Gasteiger partial charge in [0.25, 0.3) is 0 Å². The van der Waals surface area contributed by atoms with Gasteiger partial charge >= 0.3 is 0 Å². The number of rotatable bonds is 2. The van der Waals surface area contributed by atoms with Crippen LogP contribution in [0.2, 0.25) is 0 Å². The molecule has 3 N–H and O–H groups in total. The Morgan fingerprint density at radius 3 is 2.58 bits per heavy atom. The van der Waals surface area contributed by atoms with Crippen molar-refractivity contribution in [3.05, 3.63) is 11.5 Å². The van der Waals surface area contributed by atoms with Gasteiger partial charge in [0.05, 0.1) is 11.4 Å². The predicted molar refractivity (Wildman–Crippen MR) is 41.5 cm³/mol. The highest BCUT2D eigenvalue weighted by atomic mass is 32.2. The largest absolute Gasteiger partial charge is 0.380 e. The first-order chi connectivity index (χ1) is 5.40. The molecule has 0 radical (unpaired) electrons. The van der Waals surface area contributed by atoms with E-state index in [1.54, 1.807) is 0 Å². The quantitative estimate of drug-likeness (QED) is 0.673. The smallest absolute Gasteiger partial charge is 0.188 e. The monoisotopic (exact) mass is 193 g/mol. The molecule has 0 unspecified atom stereocenters. The minimum absolute atomic E-state index is 0.102. The number of H-pyrrole nitrogens is 1. The summed E-state index contributed by atoms with van der Waals surface area (Å²) >= 11 is 0. The number of aromatic nitrogens is 2. The lowest BCUT2D eigenvalue weighted by Crippen LogP contribution is -2.02. The van der Waals surface area contributed by atoms with Crippen molar-refractivity contribution in [2.45, 2.75) is 5.75 Å². The number of aromatic amines is 1. The third-order valence-corrected chi connectivity index (χ3v) is 2.02. The van der Waals surface area contributed by atoms with E-state index in [2.05, 4.69) is 10.2 Å². The Bertz CT molecular complexity index is 383. The summed E-state index contributed by atoms with van der Waals surface area (Å²) in [7, 11) is -3.25. The van der Waals surface area contributed by atoms with Crippen LogP contribution in [0, 0.1) is 5.82 Å². The maximum Gasteiger partial charge on any atom is 0.188 e. The first-order valence-electron chi connectivity index (χ1n) is 3.06. The maximum absolute atomic E-state index is 12.8. The molecule has 0 bridgehead atoms. The topological polar surface area (TPSA) is 88.8 Å². The first kappa shape index (κ1) is 8.98. The minimum Gasteiger partial charge on any atom is -0.380 e. The lowest BCUT2D eigenvalue weighted by atomic mass is 10.4. The van der Waals surface area contributed by atoms with Gasteiger partial charge in [0, 0.05) is 6.26 Å². The van der Waals surface area contributed by atoms with Crippen LogP contribution < -0.4 is 5.73 Å². The number of hydrogen-bond donors (Lipinski definition) is 2. The third-order valence-electron chi connectivity index (χ3n) is 1.21. The molecule has 0 spiro atoms. The Morgan fingerprint density at radius 2 is 2.25 bits per heavy atom. The molecule has 0 aliphatic rings. The molecule has 0 saturated carbocycles. The number of nitrogens with one attached hydrogen (secondary N) is 1. The lowest BCUT2D eigenvalue weighted by molar-refractivity contribution is 0.592. The van der Waals surface area contributed by atoms with E-state index in [1.165, 1.54) is 0 Å². The van der Waals surface area contributed by atoms with Crippen LogP contribution in [0.25, 0.3) is 0 Å². The average Bonchev–Trinajstić information content (AvgIpc) is 2.16. The van der Waals surface area contributed by atoms with Crippen molar-refractivity contribution in [2.75, 3.05) is 12.0 Å². The molecule has 68 valence electrons. The Kier molecular flexibility index (Phi) is 2.05. The van der Waals surface area contributed by atoms with Gasteiger partial charge < -0.3 is 5.73 Å². The van der Waals surface area contributed by atoms with Crippen molar-refractivity contribution in [2.24, 2.45) is 0 Å². The number of nitrogens with two attached hydrogens (primary N) is 1. The molecule has 0 aliphatic carbocycles. The summed E-state index contributed by atoms with van der Waals surface area (Å²) in [4.78, 5) is 0. The second-order valence-electron chi connectivity index (χ2n) is 2.47. The van der Waals surface area contributed by atoms with Crippen LogP contribution in [0.1, 0.15) is 5.69 Å². The van der Waals surface area contributed by atoms with Gasteiger partial charge in [0.2, 0.25) is 0 Å². The Labute approximate surface area is 68.7 Å². The molecule has 1 heterocycles. The summed E-state index contributed by atoms with van der Waals surface area (Å²) in [5, 5.41) is 5.51. The second kappa shape index (κ2) is 2.74. The molecule has 0 saturated heterocycles. The fourth-order valence-corrected chi connectivity index (χ4v) is 1.45. The molecule has 1 rings (SSSR count). The van der Waals surface area contributed by atoms with Crippen LogP contribution in [0.15, 0.2) is 0 Å². The maximum atomic E-state index is 12.8. The van der Waals surface area contributed by atoms with E-state index < -0.39 is 21.4 Å². The molecule has 12 heavy (non-hydrogen) atoms. The predicted octanol–water partition coefficient (Wildman–Crippen LogP) is -0.324. The van der Waals surface area contributed by atoms with Crippen molar-refractivity contribution in [3.8, 4) is 0 Å². The first-order valence-corrected chi connectivity index (χ1v) is 5.12. The van der Waals surface area contributed by atoms with E-state index >= 15 is 0 Å². The highest BCUT2D eigenvalue weighted by molar-refractivity contribution is 7.89. The molecule has 1 aromatic rings. The molecule has 1 aromatic heterocycles. The van der Waals surface area contributed by atoms with Gasteiger partial charge in [-0.1, -0.05) is 0 Å². The molecule has 5 nitrogen and oxygen atoms in total. The lowest BCUT2D eigenvalue weighted by Gasteiger charge is -1.93. The zero-order chi connectivity index (χ0) is 9.35. The SMILES string of the molecule is CS(=O)(=O)Cc1[nH]nc(N)c1F. The van der Waals surface area contributed by atoms with Crippen molar-refractivity contribution in [1.29, 1.82) is 0 Å². The summed E-state index contributed by atoms with van der Waals surface area (Å²) in [5.74, 6) is -1.52. The van der Waals surface area contributed by atoms with Crippen LogP contribution in [0.3, 0.4) is 0 Å². The van der Waals surface area contributed by atoms with Gasteiger partial charge in [-0.3, -0.25) is 5.10 Å². The summed E-state index contributed by atoms with van der Waals surface area (Å²) in [5.41, 5.74) is 4.95. The van der Waals surface area contributed by atoms with Gasteiger partial charge in [0.1, 0.15) is 0 Å². The summed E-state index contributed by atoms with van der Waals surface area (Å²) in [6.07, 6.45) is 1.00. The molecule has 0 atom stereocenters. The van der Waals surface area contributed by atoms with Gasteiger partial charge in [-0.25, -0.2) is 12.8 Å². The molecular weight excluding hydrogens is 185 g/mol. The van der Waals surface area contributed by atoms with E-state index in [4.69, 9.17) is 5.73 Å². The van der Waals surface area contributed by atoms with Crippen molar-refractivity contribution in [1.82, 2.24) is 10.2 Å². The number of nitrogens with zero attached hydrogens (tertiary/aromatic N) is 1. The van der Waals surface area contributed by atoms with Crippen LogP contribution in [0.5, 0.6) is 0 Å². The summed E-state index contributed by atoms with van der Waals surface area (Å²) < 4.78 is 34.2. The van der Waals surface area contributed by atoms with Crippen molar-refractivity contribution < 1.29 is 12.8 Å². The Morgan fingerprint density at radius 1 is 1.67 bits per heavy atom. The number of halogens is 1. The van der Waals surface area contributed by atoms with Crippen LogP contribution in [0.4, 0.5) is 10.2 Å². The molecule has 0 amide bonds. The summed E-state index contributed by atoms with van der Waals surface area (Å²) in [6.45, 7) is 0. The minimum atomic E-state index is -3.25. The highest BCUT2D eigenvalue weighted by Crippen LogP contribution is 2.12. The van der Waals surface area contributed by atoms with E-state index in [0.29, 0.717) is 0 Å². The Hall–Kier alpha value is -1.11. The van der Waals surface area contributed by atoms with Crippen molar-refractivity contribution in [3.63, 3.8) is 0 Å². The molecule has 0 aliphatic heterocycles. The van der Waals surface area contributed by atoms with Crippen molar-refractivity contribution >= 4 is 15.7 Å². The number of sulfone groups is 1. The third kappa shape index (κ3) is 1.94. The van der Waals surface area contributed by atoms with Crippen LogP contribution >= 0.6 is 0 Å². The van der Waals surface area contributed by atoms with E-state index in [-0.39, 0.29) is 11.5 Å². The zero-order valence-electron chi connectivity index (χ0n) is 6.33. The van der Waals surface area contributed by atoms with Crippen LogP contribution in [-0.4, -0.2) is 24.9 Å². The summed E-state index contributed by atoms with van der Waals surface area (Å²) in [6, 6.07) is 0. The molecule has 7 heteroatoms.